The molecule has 0 aromatic rings. The van der Waals surface area contributed by atoms with E-state index in [1.54, 1.807) is 11.8 Å². The number of rotatable bonds is 5. The van der Waals surface area contributed by atoms with Gasteiger partial charge in [-0.15, -0.1) is 0 Å². The first kappa shape index (κ1) is 16.6. The highest BCUT2D eigenvalue weighted by Gasteiger charge is 2.53. The zero-order chi connectivity index (χ0) is 16.3. The molecule has 1 saturated carbocycles. The molecule has 6 nitrogen and oxygen atoms in total. The summed E-state index contributed by atoms with van der Waals surface area (Å²) in [6.07, 6.45) is 8.07. The van der Waals surface area contributed by atoms with E-state index >= 15 is 0 Å². The number of nitrogens with zero attached hydrogens (tertiary/aromatic N) is 1. The lowest BCUT2D eigenvalue weighted by molar-refractivity contribution is -0.134. The maximum Gasteiger partial charge on any atom is 0.325 e. The molecule has 1 spiro atoms. The van der Waals surface area contributed by atoms with Crippen LogP contribution in [0.15, 0.2) is 0 Å². The molecule has 3 aliphatic rings. The zero-order valence-corrected chi connectivity index (χ0v) is 14.3. The molecule has 1 atom stereocenters. The van der Waals surface area contributed by atoms with Gasteiger partial charge in [0.15, 0.2) is 0 Å². The lowest BCUT2D eigenvalue weighted by Crippen LogP contribution is -2.47. The van der Waals surface area contributed by atoms with Crippen LogP contribution in [0.25, 0.3) is 0 Å². The van der Waals surface area contributed by atoms with E-state index in [2.05, 4.69) is 10.6 Å². The molecule has 0 aromatic carbocycles. The first-order valence-electron chi connectivity index (χ1n) is 8.59. The van der Waals surface area contributed by atoms with Crippen molar-refractivity contribution in [3.63, 3.8) is 0 Å². The summed E-state index contributed by atoms with van der Waals surface area (Å²) < 4.78 is 0. The third kappa shape index (κ3) is 3.65. The lowest BCUT2D eigenvalue weighted by atomic mass is 9.87. The molecule has 2 aliphatic heterocycles. The predicted molar refractivity (Wildman–Crippen MR) is 89.1 cm³/mol. The van der Waals surface area contributed by atoms with Gasteiger partial charge in [-0.05, 0) is 24.5 Å². The van der Waals surface area contributed by atoms with Gasteiger partial charge in [-0.2, -0.15) is 11.8 Å². The summed E-state index contributed by atoms with van der Waals surface area (Å²) in [6.45, 7) is 0.468. The Morgan fingerprint density at radius 2 is 2.09 bits per heavy atom. The van der Waals surface area contributed by atoms with E-state index in [0.29, 0.717) is 24.6 Å². The van der Waals surface area contributed by atoms with Crippen LogP contribution in [0.1, 0.15) is 44.9 Å². The molecule has 2 heterocycles. The molecule has 7 heteroatoms. The smallest absolute Gasteiger partial charge is 0.325 e. The van der Waals surface area contributed by atoms with Crippen LogP contribution < -0.4 is 10.6 Å². The first-order valence-corrected chi connectivity index (χ1v) is 9.75. The Hall–Kier alpha value is -1.24. The highest BCUT2D eigenvalue weighted by molar-refractivity contribution is 7.99. The Morgan fingerprint density at radius 3 is 2.78 bits per heavy atom. The minimum absolute atomic E-state index is 0.165. The minimum Gasteiger partial charge on any atom is -0.355 e. The Bertz CT molecular complexity index is 485. The molecule has 23 heavy (non-hydrogen) atoms. The van der Waals surface area contributed by atoms with Crippen LogP contribution in [0.3, 0.4) is 0 Å². The van der Waals surface area contributed by atoms with E-state index < -0.39 is 11.6 Å². The van der Waals surface area contributed by atoms with Crippen LogP contribution in [0, 0.1) is 5.92 Å². The summed E-state index contributed by atoms with van der Waals surface area (Å²) in [5, 5.41) is 5.64. The van der Waals surface area contributed by atoms with Crippen LogP contribution in [-0.2, 0) is 9.59 Å². The maximum atomic E-state index is 12.4. The largest absolute Gasteiger partial charge is 0.355 e. The molecule has 1 aliphatic carbocycles. The van der Waals surface area contributed by atoms with Gasteiger partial charge in [0, 0.05) is 12.3 Å². The Morgan fingerprint density at radius 1 is 1.30 bits per heavy atom. The van der Waals surface area contributed by atoms with Crippen molar-refractivity contribution in [2.75, 3.05) is 24.6 Å². The molecule has 4 amide bonds. The third-order valence-corrected chi connectivity index (χ3v) is 6.36. The predicted octanol–water partition coefficient (Wildman–Crippen LogP) is 1.50. The van der Waals surface area contributed by atoms with Gasteiger partial charge >= 0.3 is 6.03 Å². The van der Waals surface area contributed by atoms with Crippen molar-refractivity contribution in [2.24, 2.45) is 5.92 Å². The average Bonchev–Trinajstić information content (AvgIpc) is 3.10. The highest BCUT2D eigenvalue weighted by Crippen LogP contribution is 2.33. The van der Waals surface area contributed by atoms with Gasteiger partial charge in [0.05, 0.1) is 0 Å². The fraction of sp³-hybridized carbons (Fsp3) is 0.812. The van der Waals surface area contributed by atoms with Gasteiger partial charge in [0.2, 0.25) is 5.91 Å². The second-order valence-corrected chi connectivity index (χ2v) is 7.95. The van der Waals surface area contributed by atoms with Gasteiger partial charge in [-0.3, -0.25) is 14.5 Å². The minimum atomic E-state index is -0.760. The quantitative estimate of drug-likeness (QED) is 0.744. The van der Waals surface area contributed by atoms with Crippen molar-refractivity contribution < 1.29 is 14.4 Å². The molecule has 0 bridgehead atoms. The van der Waals surface area contributed by atoms with E-state index in [9.17, 15) is 14.4 Å². The van der Waals surface area contributed by atoms with Crippen LogP contribution in [-0.4, -0.2) is 52.9 Å². The number of imide groups is 1. The van der Waals surface area contributed by atoms with E-state index in [1.807, 2.05) is 0 Å². The topological polar surface area (TPSA) is 78.5 Å². The van der Waals surface area contributed by atoms with Gasteiger partial charge in [-0.25, -0.2) is 4.79 Å². The van der Waals surface area contributed by atoms with Gasteiger partial charge in [0.1, 0.15) is 12.1 Å². The fourth-order valence-electron chi connectivity index (χ4n) is 3.74. The second kappa shape index (κ2) is 7.11. The summed E-state index contributed by atoms with van der Waals surface area (Å²) in [7, 11) is 0. The monoisotopic (exact) mass is 339 g/mol. The average molecular weight is 339 g/mol. The van der Waals surface area contributed by atoms with Crippen LogP contribution in [0.2, 0.25) is 0 Å². The number of amides is 4. The number of carbonyl (C=O) groups is 3. The molecule has 128 valence electrons. The summed E-state index contributed by atoms with van der Waals surface area (Å²) in [4.78, 5) is 37.6. The third-order valence-electron chi connectivity index (χ3n) is 5.17. The Kier molecular flexibility index (Phi) is 5.14. The van der Waals surface area contributed by atoms with E-state index in [0.717, 1.165) is 17.1 Å². The Labute approximate surface area is 141 Å². The fourth-order valence-corrected chi connectivity index (χ4v) is 5.07. The van der Waals surface area contributed by atoms with Crippen LogP contribution >= 0.6 is 11.8 Å². The molecule has 2 saturated heterocycles. The summed E-state index contributed by atoms with van der Waals surface area (Å²) in [5.74, 6) is 1.70. The molecule has 1 unspecified atom stereocenters. The lowest BCUT2D eigenvalue weighted by Gasteiger charge is -2.22. The number of carbonyl (C=O) groups excluding carboxylic acids is 3. The van der Waals surface area contributed by atoms with E-state index in [-0.39, 0.29) is 18.4 Å². The van der Waals surface area contributed by atoms with Gasteiger partial charge < -0.3 is 10.6 Å². The molecule has 2 N–H and O–H groups in total. The number of nitrogens with one attached hydrogen (secondary N) is 2. The van der Waals surface area contributed by atoms with Crippen molar-refractivity contribution >= 4 is 29.6 Å². The van der Waals surface area contributed by atoms with Crippen LogP contribution in [0.4, 0.5) is 4.79 Å². The summed E-state index contributed by atoms with van der Waals surface area (Å²) in [5.41, 5.74) is -0.760. The number of hydrogen-bond donors (Lipinski definition) is 2. The molecule has 0 aromatic heterocycles. The normalized spacial score (nSPS) is 28.4. The molecule has 3 fully saturated rings. The van der Waals surface area contributed by atoms with Crippen molar-refractivity contribution in [3.8, 4) is 0 Å². The van der Waals surface area contributed by atoms with Crippen LogP contribution in [0.5, 0.6) is 0 Å². The summed E-state index contributed by atoms with van der Waals surface area (Å²) in [6, 6.07) is -0.431. The van der Waals surface area contributed by atoms with E-state index in [1.165, 1.54) is 32.1 Å². The molecule has 0 radical (unpaired) electrons. The Balaban J connectivity index is 1.44. The molecular weight excluding hydrogens is 314 g/mol. The van der Waals surface area contributed by atoms with Crippen molar-refractivity contribution in [3.05, 3.63) is 0 Å². The van der Waals surface area contributed by atoms with Gasteiger partial charge in [0.25, 0.3) is 5.91 Å². The number of thioether (sulfide) groups is 1. The zero-order valence-electron chi connectivity index (χ0n) is 13.4. The highest BCUT2D eigenvalue weighted by atomic mass is 32.2. The molecule has 3 rings (SSSR count). The van der Waals surface area contributed by atoms with Crippen molar-refractivity contribution in [1.29, 1.82) is 0 Å². The number of hydrogen-bond acceptors (Lipinski definition) is 4. The van der Waals surface area contributed by atoms with Crippen molar-refractivity contribution in [2.45, 2.75) is 50.5 Å². The number of urea groups is 1. The van der Waals surface area contributed by atoms with Gasteiger partial charge in [-0.1, -0.05) is 32.1 Å². The van der Waals surface area contributed by atoms with Crippen molar-refractivity contribution in [1.82, 2.24) is 15.5 Å². The summed E-state index contributed by atoms with van der Waals surface area (Å²) >= 11 is 1.66. The molecular formula is C16H25N3O3S. The first-order chi connectivity index (χ1) is 11.1. The standard InChI is InChI=1S/C16H25N3O3S/c20-13(17-8-6-12-4-2-1-3-5-12)10-19-14(21)16(18-15(19)22)7-9-23-11-16/h12H,1-11H2,(H,17,20)(H,18,22). The SMILES string of the molecule is O=C(CN1C(=O)NC2(CCSC2)C1=O)NCCC1CCCCC1. The maximum absolute atomic E-state index is 12.4. The second-order valence-electron chi connectivity index (χ2n) is 6.85. The van der Waals surface area contributed by atoms with E-state index in [4.69, 9.17) is 0 Å².